The average Bonchev–Trinajstić information content (AvgIpc) is 2.94. The van der Waals surface area contributed by atoms with Crippen molar-refractivity contribution in [2.45, 2.75) is 37.6 Å². The zero-order valence-corrected chi connectivity index (χ0v) is 8.24. The van der Waals surface area contributed by atoms with Crippen LogP contribution in [0, 0.1) is 0 Å². The Bertz CT molecular complexity index is 327. The summed E-state index contributed by atoms with van der Waals surface area (Å²) in [5, 5.41) is 3.47. The molecule has 0 radical (unpaired) electrons. The SMILES string of the molecule is c1cc([C@@H]2CCCN2)nc(C2CC2)n1. The van der Waals surface area contributed by atoms with Crippen LogP contribution in [-0.4, -0.2) is 16.5 Å². The summed E-state index contributed by atoms with van der Waals surface area (Å²) in [6.45, 7) is 1.13. The fourth-order valence-electron chi connectivity index (χ4n) is 2.06. The van der Waals surface area contributed by atoms with E-state index in [0.717, 1.165) is 12.4 Å². The molecule has 1 saturated heterocycles. The summed E-state index contributed by atoms with van der Waals surface area (Å²) in [6, 6.07) is 2.53. The van der Waals surface area contributed by atoms with E-state index in [9.17, 15) is 0 Å². The van der Waals surface area contributed by atoms with Crippen LogP contribution in [-0.2, 0) is 0 Å². The zero-order valence-electron chi connectivity index (χ0n) is 8.24. The third kappa shape index (κ3) is 1.52. The zero-order chi connectivity index (χ0) is 9.38. The van der Waals surface area contributed by atoms with E-state index in [0.29, 0.717) is 12.0 Å². The molecule has 2 fully saturated rings. The largest absolute Gasteiger partial charge is 0.309 e. The molecule has 0 bridgehead atoms. The van der Waals surface area contributed by atoms with Crippen molar-refractivity contribution in [3.05, 3.63) is 23.8 Å². The lowest BCUT2D eigenvalue weighted by atomic mass is 10.1. The van der Waals surface area contributed by atoms with Gasteiger partial charge in [-0.25, -0.2) is 9.97 Å². The molecule has 1 aliphatic carbocycles. The molecule has 1 aliphatic heterocycles. The van der Waals surface area contributed by atoms with Gasteiger partial charge in [0, 0.05) is 18.2 Å². The molecule has 14 heavy (non-hydrogen) atoms. The summed E-state index contributed by atoms with van der Waals surface area (Å²) in [5.41, 5.74) is 1.19. The van der Waals surface area contributed by atoms with Gasteiger partial charge in [-0.05, 0) is 38.3 Å². The van der Waals surface area contributed by atoms with Crippen LogP contribution in [0.25, 0.3) is 0 Å². The molecule has 3 nitrogen and oxygen atoms in total. The number of nitrogens with zero attached hydrogens (tertiary/aromatic N) is 2. The minimum Gasteiger partial charge on any atom is -0.309 e. The first-order valence-electron chi connectivity index (χ1n) is 5.50. The van der Waals surface area contributed by atoms with E-state index in [4.69, 9.17) is 0 Å². The quantitative estimate of drug-likeness (QED) is 0.770. The van der Waals surface area contributed by atoms with Crippen LogP contribution in [0.3, 0.4) is 0 Å². The highest BCUT2D eigenvalue weighted by atomic mass is 15.0. The van der Waals surface area contributed by atoms with Crippen molar-refractivity contribution in [1.82, 2.24) is 15.3 Å². The lowest BCUT2D eigenvalue weighted by molar-refractivity contribution is 0.619. The molecule has 2 aliphatic rings. The lowest BCUT2D eigenvalue weighted by Crippen LogP contribution is -2.15. The number of hydrogen-bond acceptors (Lipinski definition) is 3. The van der Waals surface area contributed by atoms with Gasteiger partial charge in [0.1, 0.15) is 5.82 Å². The Morgan fingerprint density at radius 3 is 2.93 bits per heavy atom. The summed E-state index contributed by atoms with van der Waals surface area (Å²) in [6.07, 6.45) is 6.97. The van der Waals surface area contributed by atoms with Gasteiger partial charge in [-0.3, -0.25) is 0 Å². The molecule has 1 N–H and O–H groups in total. The van der Waals surface area contributed by atoms with Crippen molar-refractivity contribution in [3.8, 4) is 0 Å². The fourth-order valence-corrected chi connectivity index (χ4v) is 2.06. The van der Waals surface area contributed by atoms with Crippen molar-refractivity contribution < 1.29 is 0 Å². The predicted molar refractivity (Wildman–Crippen MR) is 54.0 cm³/mol. The molecule has 0 spiro atoms. The first-order chi connectivity index (χ1) is 6.93. The molecule has 1 saturated carbocycles. The molecule has 0 unspecified atom stereocenters. The van der Waals surface area contributed by atoms with Crippen molar-refractivity contribution >= 4 is 0 Å². The first kappa shape index (κ1) is 8.36. The van der Waals surface area contributed by atoms with E-state index in [2.05, 4.69) is 21.4 Å². The second kappa shape index (κ2) is 3.31. The molecule has 3 heteroatoms. The van der Waals surface area contributed by atoms with Gasteiger partial charge in [0.15, 0.2) is 0 Å². The Hall–Kier alpha value is -0.960. The Labute approximate surface area is 84.0 Å². The standard InChI is InChI=1S/C11H15N3/c1-2-9(12-6-1)10-5-7-13-11(14-10)8-3-4-8/h5,7-9,12H,1-4,6H2/t9-/m0/s1. The molecule has 1 atom stereocenters. The Morgan fingerprint density at radius 1 is 1.29 bits per heavy atom. The summed E-state index contributed by atoms with van der Waals surface area (Å²) >= 11 is 0. The molecular weight excluding hydrogens is 174 g/mol. The van der Waals surface area contributed by atoms with Crippen LogP contribution < -0.4 is 5.32 Å². The van der Waals surface area contributed by atoms with Gasteiger partial charge in [0.2, 0.25) is 0 Å². The van der Waals surface area contributed by atoms with E-state index < -0.39 is 0 Å². The van der Waals surface area contributed by atoms with Gasteiger partial charge in [-0.1, -0.05) is 0 Å². The maximum Gasteiger partial charge on any atom is 0.131 e. The van der Waals surface area contributed by atoms with Gasteiger partial charge in [-0.15, -0.1) is 0 Å². The molecule has 1 aromatic heterocycles. The molecule has 2 heterocycles. The van der Waals surface area contributed by atoms with Crippen LogP contribution in [0.5, 0.6) is 0 Å². The highest BCUT2D eigenvalue weighted by Gasteiger charge is 2.27. The second-order valence-corrected chi connectivity index (χ2v) is 4.26. The van der Waals surface area contributed by atoms with Crippen molar-refractivity contribution in [3.63, 3.8) is 0 Å². The Balaban J connectivity index is 1.85. The molecule has 1 aromatic rings. The van der Waals surface area contributed by atoms with Gasteiger partial charge in [0.25, 0.3) is 0 Å². The Kier molecular flexibility index (Phi) is 1.98. The highest BCUT2D eigenvalue weighted by molar-refractivity contribution is 5.13. The summed E-state index contributed by atoms with van der Waals surface area (Å²) in [7, 11) is 0. The van der Waals surface area contributed by atoms with Crippen molar-refractivity contribution in [2.24, 2.45) is 0 Å². The third-order valence-electron chi connectivity index (χ3n) is 3.06. The molecule has 3 rings (SSSR count). The van der Waals surface area contributed by atoms with E-state index in [1.54, 1.807) is 0 Å². The minimum absolute atomic E-state index is 0.482. The van der Waals surface area contributed by atoms with E-state index in [1.165, 1.54) is 31.4 Å². The molecule has 0 aromatic carbocycles. The number of nitrogens with one attached hydrogen (secondary N) is 1. The third-order valence-corrected chi connectivity index (χ3v) is 3.06. The van der Waals surface area contributed by atoms with E-state index in [-0.39, 0.29) is 0 Å². The smallest absolute Gasteiger partial charge is 0.131 e. The molecule has 74 valence electrons. The van der Waals surface area contributed by atoms with Gasteiger partial charge in [-0.2, -0.15) is 0 Å². The number of rotatable bonds is 2. The van der Waals surface area contributed by atoms with Crippen LogP contribution in [0.15, 0.2) is 12.3 Å². The summed E-state index contributed by atoms with van der Waals surface area (Å²) < 4.78 is 0. The maximum absolute atomic E-state index is 4.64. The molecular formula is C11H15N3. The maximum atomic E-state index is 4.64. The van der Waals surface area contributed by atoms with E-state index in [1.807, 2.05) is 6.20 Å². The highest BCUT2D eigenvalue weighted by Crippen LogP contribution is 2.38. The van der Waals surface area contributed by atoms with Crippen molar-refractivity contribution in [2.75, 3.05) is 6.54 Å². The fraction of sp³-hybridized carbons (Fsp3) is 0.636. The Morgan fingerprint density at radius 2 is 2.21 bits per heavy atom. The lowest BCUT2D eigenvalue weighted by Gasteiger charge is -2.09. The van der Waals surface area contributed by atoms with Crippen molar-refractivity contribution in [1.29, 1.82) is 0 Å². The molecule has 0 amide bonds. The van der Waals surface area contributed by atoms with Crippen LogP contribution >= 0.6 is 0 Å². The van der Waals surface area contributed by atoms with Crippen LogP contribution in [0.1, 0.15) is 49.2 Å². The second-order valence-electron chi connectivity index (χ2n) is 4.26. The summed E-state index contributed by atoms with van der Waals surface area (Å²) in [5.74, 6) is 1.73. The van der Waals surface area contributed by atoms with Gasteiger partial charge < -0.3 is 5.32 Å². The monoisotopic (exact) mass is 189 g/mol. The first-order valence-corrected chi connectivity index (χ1v) is 5.50. The number of hydrogen-bond donors (Lipinski definition) is 1. The normalized spacial score (nSPS) is 26.7. The predicted octanol–water partition coefficient (Wildman–Crippen LogP) is 1.78. The summed E-state index contributed by atoms with van der Waals surface area (Å²) in [4.78, 5) is 8.98. The van der Waals surface area contributed by atoms with Crippen LogP contribution in [0.4, 0.5) is 0 Å². The average molecular weight is 189 g/mol. The number of aromatic nitrogens is 2. The van der Waals surface area contributed by atoms with Gasteiger partial charge in [0.05, 0.1) is 5.69 Å². The minimum atomic E-state index is 0.482. The topological polar surface area (TPSA) is 37.8 Å². The van der Waals surface area contributed by atoms with Crippen LogP contribution in [0.2, 0.25) is 0 Å². The van der Waals surface area contributed by atoms with Gasteiger partial charge >= 0.3 is 0 Å². The van der Waals surface area contributed by atoms with E-state index >= 15 is 0 Å².